The molecule has 102 valence electrons. The fraction of sp³-hybridized carbons (Fsp3) is 0.615. The zero-order chi connectivity index (χ0) is 13.4. The van der Waals surface area contributed by atoms with Crippen LogP contribution < -0.4 is 0 Å². The average molecular weight is 280 g/mol. The molecule has 1 saturated carbocycles. The van der Waals surface area contributed by atoms with Gasteiger partial charge in [-0.25, -0.2) is 4.98 Å². The second kappa shape index (κ2) is 4.92. The molecule has 2 aliphatic carbocycles. The van der Waals surface area contributed by atoms with Gasteiger partial charge in [-0.05, 0) is 42.9 Å². The maximum atomic E-state index is 10.7. The van der Waals surface area contributed by atoms with E-state index in [0.717, 1.165) is 42.6 Å². The molecular weight excluding hydrogens is 264 g/mol. The van der Waals surface area contributed by atoms with Crippen LogP contribution in [0.15, 0.2) is 12.0 Å². The van der Waals surface area contributed by atoms with Crippen molar-refractivity contribution in [2.24, 2.45) is 11.8 Å². The summed E-state index contributed by atoms with van der Waals surface area (Å²) in [5, 5.41) is 21.8. The lowest BCUT2D eigenvalue weighted by atomic mass is 9.71. The van der Waals surface area contributed by atoms with Crippen molar-refractivity contribution in [2.45, 2.75) is 38.5 Å². The molecule has 2 atom stereocenters. The fourth-order valence-electron chi connectivity index (χ4n) is 3.30. The summed E-state index contributed by atoms with van der Waals surface area (Å²) in [4.78, 5) is 14.4. The number of aliphatic hydroxyl groups is 1. The van der Waals surface area contributed by atoms with Gasteiger partial charge in [0, 0.05) is 11.5 Å². The highest BCUT2D eigenvalue weighted by Gasteiger charge is 2.34. The van der Waals surface area contributed by atoms with Crippen molar-refractivity contribution in [3.8, 4) is 0 Å². The molecule has 1 N–H and O–H groups in total. The van der Waals surface area contributed by atoms with Gasteiger partial charge < -0.3 is 5.11 Å². The molecular formula is C13H16N2O3S. The summed E-state index contributed by atoms with van der Waals surface area (Å²) in [6.45, 7) is 0. The van der Waals surface area contributed by atoms with Crippen molar-refractivity contribution in [2.75, 3.05) is 0 Å². The summed E-state index contributed by atoms with van der Waals surface area (Å²) in [6.07, 6.45) is 7.79. The van der Waals surface area contributed by atoms with Crippen LogP contribution in [-0.2, 0) is 0 Å². The number of rotatable bonds is 2. The molecule has 1 heterocycles. The second-order valence-electron chi connectivity index (χ2n) is 5.31. The molecule has 1 aromatic heterocycles. The average Bonchev–Trinajstić information content (AvgIpc) is 2.89. The molecule has 2 aliphatic rings. The van der Waals surface area contributed by atoms with Crippen molar-refractivity contribution >= 4 is 21.9 Å². The van der Waals surface area contributed by atoms with Gasteiger partial charge in [0.05, 0.1) is 4.92 Å². The number of hydrogen-bond donors (Lipinski definition) is 1. The highest BCUT2D eigenvalue weighted by atomic mass is 32.1. The molecule has 1 fully saturated rings. The van der Waals surface area contributed by atoms with E-state index in [0.29, 0.717) is 16.7 Å². The van der Waals surface area contributed by atoms with Crippen LogP contribution in [0.25, 0.3) is 5.57 Å². The number of aromatic nitrogens is 1. The van der Waals surface area contributed by atoms with Crippen LogP contribution in [0.3, 0.4) is 0 Å². The molecule has 5 nitrogen and oxygen atoms in total. The van der Waals surface area contributed by atoms with E-state index in [1.165, 1.54) is 19.0 Å². The highest BCUT2D eigenvalue weighted by molar-refractivity contribution is 7.15. The summed E-state index contributed by atoms with van der Waals surface area (Å²) >= 11 is 1.06. The Morgan fingerprint density at radius 1 is 1.37 bits per heavy atom. The summed E-state index contributed by atoms with van der Waals surface area (Å²) < 4.78 is 0. The van der Waals surface area contributed by atoms with E-state index in [9.17, 15) is 15.2 Å². The molecule has 0 aromatic carbocycles. The van der Waals surface area contributed by atoms with Crippen LogP contribution in [0.2, 0.25) is 0 Å². The smallest absolute Gasteiger partial charge is 0.344 e. The third kappa shape index (κ3) is 2.25. The third-order valence-electron chi connectivity index (χ3n) is 4.27. The Hall–Kier alpha value is -1.43. The van der Waals surface area contributed by atoms with Crippen LogP contribution in [0.1, 0.15) is 43.5 Å². The lowest BCUT2D eigenvalue weighted by Gasteiger charge is -2.35. The SMILES string of the molecule is O=[N+]([O-])c1cnc(C2=C(O)[C@@H]3CCCC[C@@H]3CC2)s1. The first-order valence-corrected chi connectivity index (χ1v) is 7.51. The first kappa shape index (κ1) is 12.6. The van der Waals surface area contributed by atoms with E-state index in [2.05, 4.69) is 4.98 Å². The van der Waals surface area contributed by atoms with Crippen molar-refractivity contribution in [1.29, 1.82) is 0 Å². The van der Waals surface area contributed by atoms with E-state index in [4.69, 9.17) is 0 Å². The molecule has 0 aliphatic heterocycles. The number of allylic oxidation sites excluding steroid dienone is 2. The quantitative estimate of drug-likeness (QED) is 0.658. The predicted molar refractivity (Wildman–Crippen MR) is 73.0 cm³/mol. The van der Waals surface area contributed by atoms with Gasteiger partial charge in [0.25, 0.3) is 0 Å². The monoisotopic (exact) mass is 280 g/mol. The van der Waals surface area contributed by atoms with Crippen LogP contribution >= 0.6 is 11.3 Å². The number of thiazole rings is 1. The molecule has 0 amide bonds. The molecule has 0 saturated heterocycles. The number of nitrogens with zero attached hydrogens (tertiary/aromatic N) is 2. The Kier molecular flexibility index (Phi) is 3.26. The Morgan fingerprint density at radius 2 is 2.16 bits per heavy atom. The molecule has 0 bridgehead atoms. The molecule has 6 heteroatoms. The maximum Gasteiger partial charge on any atom is 0.344 e. The molecule has 0 radical (unpaired) electrons. The summed E-state index contributed by atoms with van der Waals surface area (Å²) in [7, 11) is 0. The van der Waals surface area contributed by atoms with Gasteiger partial charge in [-0.15, -0.1) is 0 Å². The van der Waals surface area contributed by atoms with Gasteiger partial charge in [-0.1, -0.05) is 12.8 Å². The lowest BCUT2D eigenvalue weighted by Crippen LogP contribution is -2.25. The minimum Gasteiger partial charge on any atom is -0.512 e. The molecule has 3 rings (SSSR count). The van der Waals surface area contributed by atoms with Crippen LogP contribution in [0.4, 0.5) is 5.00 Å². The van der Waals surface area contributed by atoms with Gasteiger partial charge >= 0.3 is 5.00 Å². The molecule has 0 unspecified atom stereocenters. The summed E-state index contributed by atoms with van der Waals surface area (Å²) in [6, 6.07) is 0. The summed E-state index contributed by atoms with van der Waals surface area (Å²) in [5.74, 6) is 1.29. The van der Waals surface area contributed by atoms with E-state index >= 15 is 0 Å². The zero-order valence-corrected chi connectivity index (χ0v) is 11.4. The van der Waals surface area contributed by atoms with Gasteiger partial charge in [0.2, 0.25) is 0 Å². The van der Waals surface area contributed by atoms with Crippen LogP contribution in [0.5, 0.6) is 0 Å². The zero-order valence-electron chi connectivity index (χ0n) is 10.5. The second-order valence-corrected chi connectivity index (χ2v) is 6.32. The van der Waals surface area contributed by atoms with Crippen molar-refractivity contribution in [3.63, 3.8) is 0 Å². The third-order valence-corrected chi connectivity index (χ3v) is 5.27. The van der Waals surface area contributed by atoms with E-state index in [1.807, 2.05) is 0 Å². The van der Waals surface area contributed by atoms with Gasteiger partial charge in [0.15, 0.2) is 0 Å². The standard InChI is InChI=1S/C13H16N2O3S/c16-12-9-4-2-1-3-8(9)5-6-10(12)13-14-7-11(19-13)15(17)18/h7-9,16H,1-6H2/t8-,9-/m1/s1. The van der Waals surface area contributed by atoms with Crippen molar-refractivity contribution in [1.82, 2.24) is 4.98 Å². The highest BCUT2D eigenvalue weighted by Crippen LogP contribution is 2.46. The van der Waals surface area contributed by atoms with Gasteiger partial charge in [-0.2, -0.15) is 0 Å². The normalized spacial score (nSPS) is 27.2. The Bertz CT molecular complexity index is 538. The van der Waals surface area contributed by atoms with Crippen LogP contribution in [0, 0.1) is 22.0 Å². The van der Waals surface area contributed by atoms with Gasteiger partial charge in [-0.3, -0.25) is 10.1 Å². The number of hydrogen-bond acceptors (Lipinski definition) is 5. The minimum absolute atomic E-state index is 0.0427. The fourth-order valence-corrected chi connectivity index (χ4v) is 4.11. The number of aliphatic hydroxyl groups excluding tert-OH is 1. The molecule has 0 spiro atoms. The predicted octanol–water partition coefficient (Wildman–Crippen LogP) is 3.92. The van der Waals surface area contributed by atoms with E-state index in [-0.39, 0.29) is 10.9 Å². The first-order valence-electron chi connectivity index (χ1n) is 6.69. The Morgan fingerprint density at radius 3 is 2.89 bits per heavy atom. The Labute approximate surface area is 115 Å². The first-order chi connectivity index (χ1) is 9.16. The van der Waals surface area contributed by atoms with Gasteiger partial charge in [0.1, 0.15) is 17.0 Å². The molecule has 19 heavy (non-hydrogen) atoms. The lowest BCUT2D eigenvalue weighted by molar-refractivity contribution is -0.380. The van der Waals surface area contributed by atoms with Crippen molar-refractivity contribution < 1.29 is 10.0 Å². The summed E-state index contributed by atoms with van der Waals surface area (Å²) in [5.41, 5.74) is 0.834. The minimum atomic E-state index is -0.426. The topological polar surface area (TPSA) is 76.3 Å². The Balaban J connectivity index is 1.92. The number of nitro groups is 1. The van der Waals surface area contributed by atoms with Crippen LogP contribution in [-0.4, -0.2) is 15.0 Å². The van der Waals surface area contributed by atoms with E-state index < -0.39 is 4.92 Å². The number of fused-ring (bicyclic) bond motifs is 1. The maximum absolute atomic E-state index is 10.7. The van der Waals surface area contributed by atoms with E-state index in [1.54, 1.807) is 0 Å². The largest absolute Gasteiger partial charge is 0.512 e. The molecule has 1 aromatic rings. The van der Waals surface area contributed by atoms with Crippen molar-refractivity contribution in [3.05, 3.63) is 27.1 Å².